The maximum Gasteiger partial charge on any atom is 0.328 e. The summed E-state index contributed by atoms with van der Waals surface area (Å²) in [7, 11) is 1.48. The van der Waals surface area contributed by atoms with Gasteiger partial charge in [0.15, 0.2) is 0 Å². The van der Waals surface area contributed by atoms with Crippen molar-refractivity contribution in [2.45, 2.75) is 26.2 Å². The third-order valence-corrected chi connectivity index (χ3v) is 3.69. The van der Waals surface area contributed by atoms with Crippen LogP contribution in [0.3, 0.4) is 0 Å². The number of nitrogens with one attached hydrogen (secondary N) is 1. The maximum atomic E-state index is 12.7. The van der Waals surface area contributed by atoms with Crippen molar-refractivity contribution in [1.82, 2.24) is 9.78 Å². The second-order valence-corrected chi connectivity index (χ2v) is 6.93. The number of hydrogen-bond donors (Lipinski definition) is 2. The van der Waals surface area contributed by atoms with E-state index in [9.17, 15) is 19.7 Å². The molecule has 142 valence electrons. The Hall–Kier alpha value is -3.49. The minimum atomic E-state index is -1.09. The summed E-state index contributed by atoms with van der Waals surface area (Å²) in [4.78, 5) is 34.3. The molecule has 0 aliphatic heterocycles. The van der Waals surface area contributed by atoms with E-state index in [1.807, 2.05) is 0 Å². The summed E-state index contributed by atoms with van der Waals surface area (Å²) in [6, 6.07) is 6.46. The average molecular weight is 372 g/mol. The monoisotopic (exact) mass is 372 g/mol. The number of nitrogens with zero attached hydrogens (tertiary/aromatic N) is 3. The fraction of sp³-hybridized carbons (Fsp3) is 0.278. The van der Waals surface area contributed by atoms with Crippen LogP contribution in [0.4, 0.5) is 11.4 Å². The van der Waals surface area contributed by atoms with Crippen LogP contribution < -0.4 is 5.32 Å². The Morgan fingerprint density at radius 3 is 2.56 bits per heavy atom. The Morgan fingerprint density at radius 2 is 2.00 bits per heavy atom. The van der Waals surface area contributed by atoms with Crippen LogP contribution in [0.15, 0.2) is 30.3 Å². The second kappa shape index (κ2) is 7.40. The number of amides is 1. The minimum Gasteiger partial charge on any atom is -0.478 e. The number of aryl methyl sites for hydroxylation is 1. The van der Waals surface area contributed by atoms with E-state index in [1.54, 1.807) is 45.0 Å². The largest absolute Gasteiger partial charge is 0.478 e. The van der Waals surface area contributed by atoms with E-state index in [2.05, 4.69) is 10.4 Å². The zero-order valence-corrected chi connectivity index (χ0v) is 15.4. The first-order valence-electron chi connectivity index (χ1n) is 8.05. The van der Waals surface area contributed by atoms with E-state index in [-0.39, 0.29) is 17.1 Å². The third kappa shape index (κ3) is 4.57. The van der Waals surface area contributed by atoms with Crippen LogP contribution >= 0.6 is 0 Å². The second-order valence-electron chi connectivity index (χ2n) is 6.93. The highest BCUT2D eigenvalue weighted by molar-refractivity contribution is 6.06. The Kier molecular flexibility index (Phi) is 5.44. The van der Waals surface area contributed by atoms with Crippen molar-refractivity contribution in [3.05, 3.63) is 57.4 Å². The smallest absolute Gasteiger partial charge is 0.328 e. The van der Waals surface area contributed by atoms with Crippen molar-refractivity contribution in [2.75, 3.05) is 5.32 Å². The normalized spacial score (nSPS) is 11.6. The average Bonchev–Trinajstić information content (AvgIpc) is 2.91. The van der Waals surface area contributed by atoms with Gasteiger partial charge in [-0.2, -0.15) is 5.10 Å². The number of rotatable bonds is 5. The molecule has 0 aliphatic rings. The van der Waals surface area contributed by atoms with Crippen molar-refractivity contribution >= 4 is 29.3 Å². The molecule has 0 spiro atoms. The van der Waals surface area contributed by atoms with E-state index in [0.717, 1.165) is 6.08 Å². The van der Waals surface area contributed by atoms with Gasteiger partial charge in [-0.25, -0.2) is 4.79 Å². The Bertz CT molecular complexity index is 938. The number of anilines is 1. The van der Waals surface area contributed by atoms with Gasteiger partial charge < -0.3 is 10.4 Å². The SMILES string of the molecule is Cn1nc(C(C)(C)C)c([N+](=O)[O-])c1C(=O)Nc1cccc(/C=C/C(=O)O)c1. The van der Waals surface area contributed by atoms with Crippen LogP contribution in [0.2, 0.25) is 0 Å². The van der Waals surface area contributed by atoms with Crippen LogP contribution in [0.25, 0.3) is 6.08 Å². The van der Waals surface area contributed by atoms with Gasteiger partial charge in [-0.1, -0.05) is 32.9 Å². The molecule has 1 heterocycles. The molecule has 1 aromatic heterocycles. The molecule has 27 heavy (non-hydrogen) atoms. The Morgan fingerprint density at radius 1 is 1.33 bits per heavy atom. The van der Waals surface area contributed by atoms with Crippen molar-refractivity contribution in [1.29, 1.82) is 0 Å². The van der Waals surface area contributed by atoms with E-state index in [1.165, 1.54) is 17.8 Å². The summed E-state index contributed by atoms with van der Waals surface area (Å²) in [5.74, 6) is -1.77. The molecular weight excluding hydrogens is 352 g/mol. The van der Waals surface area contributed by atoms with E-state index in [0.29, 0.717) is 11.3 Å². The van der Waals surface area contributed by atoms with Crippen molar-refractivity contribution in [3.63, 3.8) is 0 Å². The minimum absolute atomic E-state index is 0.156. The summed E-state index contributed by atoms with van der Waals surface area (Å²) < 4.78 is 1.20. The number of carbonyl (C=O) groups is 2. The molecule has 0 saturated carbocycles. The van der Waals surface area contributed by atoms with E-state index >= 15 is 0 Å². The number of carbonyl (C=O) groups excluding carboxylic acids is 1. The highest BCUT2D eigenvalue weighted by Crippen LogP contribution is 2.33. The summed E-state index contributed by atoms with van der Waals surface area (Å²) >= 11 is 0. The standard InChI is InChI=1S/C18H20N4O5/c1-18(2,3)16-14(22(26)27)15(21(4)20-16)17(25)19-12-7-5-6-11(10-12)8-9-13(23)24/h5-10H,1-4H3,(H,19,25)(H,23,24)/b9-8+. The molecule has 9 heteroatoms. The molecule has 0 saturated heterocycles. The van der Waals surface area contributed by atoms with Crippen LogP contribution in [-0.4, -0.2) is 31.7 Å². The van der Waals surface area contributed by atoms with Crippen LogP contribution in [0, 0.1) is 10.1 Å². The molecule has 9 nitrogen and oxygen atoms in total. The predicted molar refractivity (Wildman–Crippen MR) is 99.6 cm³/mol. The Labute approximate surface area is 155 Å². The fourth-order valence-electron chi connectivity index (χ4n) is 2.52. The number of carboxylic acid groups (broad SMARTS) is 1. The summed E-state index contributed by atoms with van der Waals surface area (Å²) in [6.07, 6.45) is 2.35. The molecule has 2 aromatic rings. The summed E-state index contributed by atoms with van der Waals surface area (Å²) in [5, 5.41) is 27.0. The van der Waals surface area contributed by atoms with Gasteiger partial charge in [0.25, 0.3) is 5.91 Å². The highest BCUT2D eigenvalue weighted by atomic mass is 16.6. The molecule has 0 atom stereocenters. The first-order valence-corrected chi connectivity index (χ1v) is 8.05. The molecule has 1 aromatic carbocycles. The molecule has 0 radical (unpaired) electrons. The lowest BCUT2D eigenvalue weighted by Crippen LogP contribution is -2.18. The van der Waals surface area contributed by atoms with Crippen LogP contribution in [0.1, 0.15) is 42.5 Å². The van der Waals surface area contributed by atoms with Gasteiger partial charge in [-0.15, -0.1) is 0 Å². The van der Waals surface area contributed by atoms with Crippen LogP contribution in [-0.2, 0) is 17.3 Å². The topological polar surface area (TPSA) is 127 Å². The zero-order chi connectivity index (χ0) is 20.4. The lowest BCUT2D eigenvalue weighted by atomic mass is 9.91. The quantitative estimate of drug-likeness (QED) is 0.472. The first-order chi connectivity index (χ1) is 12.5. The molecule has 0 fully saturated rings. The van der Waals surface area contributed by atoms with Gasteiger partial charge in [0.1, 0.15) is 5.69 Å². The number of carboxylic acids is 1. The number of aromatic nitrogens is 2. The number of benzene rings is 1. The number of nitro groups is 1. The fourth-order valence-corrected chi connectivity index (χ4v) is 2.52. The van der Waals surface area contributed by atoms with Gasteiger partial charge in [0.05, 0.1) is 4.92 Å². The lowest BCUT2D eigenvalue weighted by molar-refractivity contribution is -0.386. The predicted octanol–water partition coefficient (Wildman–Crippen LogP) is 2.98. The summed E-state index contributed by atoms with van der Waals surface area (Å²) in [5.41, 5.74) is 0.0600. The molecular formula is C18H20N4O5. The first kappa shape index (κ1) is 19.8. The van der Waals surface area contributed by atoms with Crippen molar-refractivity contribution in [2.24, 2.45) is 7.05 Å². The van der Waals surface area contributed by atoms with E-state index in [4.69, 9.17) is 5.11 Å². The van der Waals surface area contributed by atoms with Crippen molar-refractivity contribution in [3.8, 4) is 0 Å². The van der Waals surface area contributed by atoms with Gasteiger partial charge in [0.2, 0.25) is 5.69 Å². The molecule has 2 N–H and O–H groups in total. The van der Waals surface area contributed by atoms with Crippen LogP contribution in [0.5, 0.6) is 0 Å². The van der Waals surface area contributed by atoms with Gasteiger partial charge in [0, 0.05) is 24.2 Å². The van der Waals surface area contributed by atoms with Gasteiger partial charge in [-0.05, 0) is 23.8 Å². The highest BCUT2D eigenvalue weighted by Gasteiger charge is 2.36. The van der Waals surface area contributed by atoms with Gasteiger partial charge >= 0.3 is 11.7 Å². The molecule has 0 bridgehead atoms. The lowest BCUT2D eigenvalue weighted by Gasteiger charge is -2.13. The van der Waals surface area contributed by atoms with E-state index < -0.39 is 22.2 Å². The number of hydrogen-bond acceptors (Lipinski definition) is 5. The third-order valence-electron chi connectivity index (χ3n) is 3.69. The zero-order valence-electron chi connectivity index (χ0n) is 15.4. The van der Waals surface area contributed by atoms with Gasteiger partial charge in [-0.3, -0.25) is 19.6 Å². The number of aliphatic carboxylic acids is 1. The Balaban J connectivity index is 2.40. The molecule has 0 unspecified atom stereocenters. The van der Waals surface area contributed by atoms with Crippen molar-refractivity contribution < 1.29 is 19.6 Å². The molecule has 1 amide bonds. The summed E-state index contributed by atoms with van der Waals surface area (Å²) in [6.45, 7) is 5.34. The molecule has 0 aliphatic carbocycles. The molecule has 2 rings (SSSR count). The maximum absolute atomic E-state index is 12.7.